The summed E-state index contributed by atoms with van der Waals surface area (Å²) >= 11 is 0. The normalized spacial score (nSPS) is 13.4. The summed E-state index contributed by atoms with van der Waals surface area (Å²) in [6.45, 7) is 2.18. The monoisotopic (exact) mass is 178 g/mol. The van der Waals surface area contributed by atoms with Gasteiger partial charge in [-0.3, -0.25) is 0 Å². The van der Waals surface area contributed by atoms with E-state index in [1.54, 1.807) is 0 Å². The minimum Gasteiger partial charge on any atom is -0.0683 e. The number of hydrogen-bond acceptors (Lipinski definition) is 0. The molecule has 0 N–H and O–H groups in total. The Hall–Kier alpha value is -0.326. The van der Waals surface area contributed by atoms with Crippen LogP contribution in [0.15, 0.2) is 29.8 Å². The van der Waals surface area contributed by atoms with Gasteiger partial charge in [-0.15, -0.1) is 0 Å². The third-order valence-electron chi connectivity index (χ3n) is 1.93. The van der Waals surface area contributed by atoms with Gasteiger partial charge in [0.25, 0.3) is 0 Å². The van der Waals surface area contributed by atoms with Crippen LogP contribution >= 0.6 is 0 Å². The van der Waals surface area contributed by atoms with Crippen molar-refractivity contribution >= 4 is 6.08 Å². The quantitative estimate of drug-likeness (QED) is 0.535. The Labute approximate surface area is 82.2 Å². The van der Waals surface area contributed by atoms with Gasteiger partial charge in [-0.1, -0.05) is 35.9 Å². The maximum absolute atomic E-state index is 2.26. The standard InChI is InChI=1S/C10H10.Ti/c1-8-6-9-4-2-3-5-10(9)7-8;/h2-6H,7H2,1H3;. The molecule has 1 aliphatic rings. The minimum atomic E-state index is 0. The Kier molecular flexibility index (Phi) is 2.69. The van der Waals surface area contributed by atoms with Crippen LogP contribution in [-0.2, 0) is 28.1 Å². The first-order valence-electron chi connectivity index (χ1n) is 3.61. The number of allylic oxidation sites excluding steroid dienone is 1. The summed E-state index contributed by atoms with van der Waals surface area (Å²) in [5, 5.41) is 0. The van der Waals surface area contributed by atoms with Gasteiger partial charge in [0.15, 0.2) is 0 Å². The van der Waals surface area contributed by atoms with E-state index in [2.05, 4.69) is 37.3 Å². The van der Waals surface area contributed by atoms with Crippen LogP contribution in [-0.4, -0.2) is 0 Å². The van der Waals surface area contributed by atoms with Gasteiger partial charge < -0.3 is 0 Å². The molecule has 0 spiro atoms. The fourth-order valence-corrected chi connectivity index (χ4v) is 1.45. The molecule has 1 aromatic carbocycles. The summed E-state index contributed by atoms with van der Waals surface area (Å²) in [5.41, 5.74) is 4.35. The van der Waals surface area contributed by atoms with Crippen molar-refractivity contribution in [2.75, 3.05) is 0 Å². The molecule has 54 valence electrons. The maximum Gasteiger partial charge on any atom is 0 e. The summed E-state index contributed by atoms with van der Waals surface area (Å²) in [6.07, 6.45) is 3.41. The van der Waals surface area contributed by atoms with E-state index in [4.69, 9.17) is 0 Å². The van der Waals surface area contributed by atoms with Crippen molar-refractivity contribution in [3.05, 3.63) is 41.0 Å². The van der Waals surface area contributed by atoms with Crippen molar-refractivity contribution in [2.24, 2.45) is 0 Å². The molecule has 1 aromatic rings. The van der Waals surface area contributed by atoms with Gasteiger partial charge in [0.1, 0.15) is 0 Å². The van der Waals surface area contributed by atoms with Crippen LogP contribution in [0.2, 0.25) is 0 Å². The molecule has 0 atom stereocenters. The zero-order valence-electron chi connectivity index (χ0n) is 6.59. The Morgan fingerprint density at radius 2 is 1.91 bits per heavy atom. The van der Waals surface area contributed by atoms with Crippen LogP contribution in [0.25, 0.3) is 6.08 Å². The largest absolute Gasteiger partial charge is 0.0683 e. The second-order valence-electron chi connectivity index (χ2n) is 2.87. The van der Waals surface area contributed by atoms with Crippen molar-refractivity contribution in [3.63, 3.8) is 0 Å². The van der Waals surface area contributed by atoms with Crippen molar-refractivity contribution in [2.45, 2.75) is 13.3 Å². The van der Waals surface area contributed by atoms with Crippen LogP contribution < -0.4 is 0 Å². The molecular weight excluding hydrogens is 168 g/mol. The molecule has 0 fully saturated rings. The van der Waals surface area contributed by atoms with Gasteiger partial charge >= 0.3 is 0 Å². The fourth-order valence-electron chi connectivity index (χ4n) is 1.45. The molecule has 2 rings (SSSR count). The zero-order valence-corrected chi connectivity index (χ0v) is 8.16. The SMILES string of the molecule is CC1=Cc2ccccc2C1.[Ti]. The van der Waals surface area contributed by atoms with Crippen LogP contribution in [0, 0.1) is 0 Å². The topological polar surface area (TPSA) is 0 Å². The molecular formula is C10H10Ti. The minimum absolute atomic E-state index is 0. The van der Waals surface area contributed by atoms with E-state index in [9.17, 15) is 0 Å². The van der Waals surface area contributed by atoms with E-state index < -0.39 is 0 Å². The number of rotatable bonds is 0. The Morgan fingerprint density at radius 3 is 2.64 bits per heavy atom. The van der Waals surface area contributed by atoms with Crippen LogP contribution in [0.5, 0.6) is 0 Å². The number of benzene rings is 1. The van der Waals surface area contributed by atoms with Gasteiger partial charge in [0, 0.05) is 21.7 Å². The zero-order chi connectivity index (χ0) is 6.97. The molecule has 11 heavy (non-hydrogen) atoms. The Balaban J connectivity index is 0.000000605. The van der Waals surface area contributed by atoms with E-state index in [-0.39, 0.29) is 21.7 Å². The second kappa shape index (κ2) is 3.38. The van der Waals surface area contributed by atoms with Crippen molar-refractivity contribution in [3.8, 4) is 0 Å². The second-order valence-corrected chi connectivity index (χ2v) is 2.87. The summed E-state index contributed by atoms with van der Waals surface area (Å²) in [5.74, 6) is 0. The van der Waals surface area contributed by atoms with Crippen molar-refractivity contribution in [1.29, 1.82) is 0 Å². The molecule has 1 aliphatic carbocycles. The molecule has 0 saturated carbocycles. The van der Waals surface area contributed by atoms with E-state index >= 15 is 0 Å². The molecule has 0 heterocycles. The fraction of sp³-hybridized carbons (Fsp3) is 0.200. The van der Waals surface area contributed by atoms with Gasteiger partial charge in [0.05, 0.1) is 0 Å². The first-order chi connectivity index (χ1) is 4.86. The molecule has 0 aliphatic heterocycles. The van der Waals surface area contributed by atoms with Crippen molar-refractivity contribution in [1.82, 2.24) is 0 Å². The molecule has 1 heteroatoms. The predicted molar refractivity (Wildman–Crippen MR) is 43.8 cm³/mol. The first kappa shape index (κ1) is 8.77. The molecule has 0 bridgehead atoms. The van der Waals surface area contributed by atoms with Crippen molar-refractivity contribution < 1.29 is 21.7 Å². The van der Waals surface area contributed by atoms with E-state index in [1.165, 1.54) is 16.7 Å². The average Bonchev–Trinajstić information content (AvgIpc) is 2.27. The predicted octanol–water partition coefficient (Wildman–Crippen LogP) is 2.64. The third kappa shape index (κ3) is 1.63. The smallest absolute Gasteiger partial charge is 0 e. The van der Waals surface area contributed by atoms with Crippen LogP contribution in [0.3, 0.4) is 0 Å². The molecule has 0 radical (unpaired) electrons. The summed E-state index contributed by atoms with van der Waals surface area (Å²) < 4.78 is 0. The first-order valence-corrected chi connectivity index (χ1v) is 3.61. The van der Waals surface area contributed by atoms with E-state index in [0.717, 1.165) is 6.42 Å². The van der Waals surface area contributed by atoms with Gasteiger partial charge in [-0.25, -0.2) is 0 Å². The van der Waals surface area contributed by atoms with E-state index in [0.29, 0.717) is 0 Å². The molecule has 0 unspecified atom stereocenters. The number of fused-ring (bicyclic) bond motifs is 1. The van der Waals surface area contributed by atoms with Gasteiger partial charge in [0.2, 0.25) is 0 Å². The van der Waals surface area contributed by atoms with Crippen LogP contribution in [0.4, 0.5) is 0 Å². The summed E-state index contributed by atoms with van der Waals surface area (Å²) in [6, 6.07) is 8.56. The molecule has 0 aromatic heterocycles. The molecule has 0 nitrogen and oxygen atoms in total. The Morgan fingerprint density at radius 1 is 1.18 bits per heavy atom. The Bertz CT molecular complexity index is 287. The summed E-state index contributed by atoms with van der Waals surface area (Å²) in [7, 11) is 0. The van der Waals surface area contributed by atoms with Gasteiger partial charge in [-0.05, 0) is 24.5 Å². The number of hydrogen-bond donors (Lipinski definition) is 0. The maximum atomic E-state index is 2.26. The average molecular weight is 178 g/mol. The molecule has 0 saturated heterocycles. The summed E-state index contributed by atoms with van der Waals surface area (Å²) in [4.78, 5) is 0. The molecule has 0 amide bonds. The third-order valence-corrected chi connectivity index (χ3v) is 1.93. The van der Waals surface area contributed by atoms with E-state index in [1.807, 2.05) is 0 Å². The van der Waals surface area contributed by atoms with Gasteiger partial charge in [-0.2, -0.15) is 0 Å². The van der Waals surface area contributed by atoms with Crippen LogP contribution in [0.1, 0.15) is 18.1 Å².